The Hall–Kier alpha value is -3.36. The summed E-state index contributed by atoms with van der Waals surface area (Å²) in [5.41, 5.74) is 5.90. The molecule has 2 fully saturated rings. The fourth-order valence-corrected chi connectivity index (χ4v) is 7.81. The minimum absolute atomic E-state index is 0.289. The number of aryl methyl sites for hydroxylation is 2. The second kappa shape index (κ2) is 12.6. The van der Waals surface area contributed by atoms with E-state index in [9.17, 15) is 9.90 Å². The molecule has 3 aliphatic heterocycles. The van der Waals surface area contributed by atoms with Gasteiger partial charge in [-0.05, 0) is 80.4 Å². The molecule has 0 spiro atoms. The Morgan fingerprint density at radius 2 is 1.82 bits per heavy atom. The van der Waals surface area contributed by atoms with Crippen molar-refractivity contribution >= 4 is 5.97 Å². The Kier molecular flexibility index (Phi) is 8.75. The van der Waals surface area contributed by atoms with Crippen molar-refractivity contribution in [1.82, 2.24) is 19.6 Å². The number of carboxylic acids is 1. The van der Waals surface area contributed by atoms with Crippen molar-refractivity contribution in [3.05, 3.63) is 76.6 Å². The van der Waals surface area contributed by atoms with Gasteiger partial charge < -0.3 is 19.5 Å². The van der Waals surface area contributed by atoms with Gasteiger partial charge in [0.2, 0.25) is 6.79 Å². The summed E-state index contributed by atoms with van der Waals surface area (Å²) in [5.74, 6) is 2.13. The number of benzene rings is 2. The molecule has 8 heteroatoms. The molecule has 3 aromatic rings. The van der Waals surface area contributed by atoms with Crippen LogP contribution in [0.2, 0.25) is 0 Å². The lowest BCUT2D eigenvalue weighted by molar-refractivity contribution is -0.147. The fourth-order valence-electron chi connectivity index (χ4n) is 7.81. The summed E-state index contributed by atoms with van der Waals surface area (Å²) < 4.78 is 13.2. The molecule has 2 saturated heterocycles. The molecular weight excluding hydrogens is 552 g/mol. The van der Waals surface area contributed by atoms with Crippen LogP contribution in [0, 0.1) is 18.3 Å². The van der Waals surface area contributed by atoms with Crippen LogP contribution in [0.15, 0.2) is 48.5 Å². The van der Waals surface area contributed by atoms with Gasteiger partial charge in [0.1, 0.15) is 6.04 Å². The van der Waals surface area contributed by atoms with E-state index in [1.54, 1.807) is 0 Å². The zero-order valence-electron chi connectivity index (χ0n) is 27.0. The number of hydrogen-bond donors (Lipinski definition) is 1. The number of rotatable bonds is 9. The highest BCUT2D eigenvalue weighted by molar-refractivity contribution is 5.74. The summed E-state index contributed by atoms with van der Waals surface area (Å²) in [7, 11) is 0. The van der Waals surface area contributed by atoms with Crippen LogP contribution in [0.3, 0.4) is 0 Å². The number of aromatic nitrogens is 2. The molecule has 4 heterocycles. The van der Waals surface area contributed by atoms with E-state index in [4.69, 9.17) is 14.6 Å². The first kappa shape index (κ1) is 30.7. The standard InChI is InChI=1S/C36H48N4O4/c1-6-40-31(19-29(37-40)17-25-10-11-32-33(18-25)44-23-43-32)26-12-14-38(15-13-26)20-28-21-39(34(35(41)42)36(3,4)5)22-30(28)27-9-7-8-24(2)16-27/h7-11,16,18-19,26,28,30,34H,6,12-15,17,20-23H2,1-5H3,(H,41,42). The van der Waals surface area contributed by atoms with E-state index in [0.29, 0.717) is 17.8 Å². The van der Waals surface area contributed by atoms with Crippen molar-refractivity contribution in [3.63, 3.8) is 0 Å². The Balaban J connectivity index is 1.12. The van der Waals surface area contributed by atoms with Gasteiger partial charge in [0.05, 0.1) is 5.69 Å². The van der Waals surface area contributed by atoms with E-state index in [1.807, 2.05) is 26.8 Å². The molecule has 0 amide bonds. The molecule has 3 atom stereocenters. The average Bonchev–Trinajstić information content (AvgIpc) is 3.71. The van der Waals surface area contributed by atoms with Gasteiger partial charge in [-0.1, -0.05) is 56.7 Å². The Morgan fingerprint density at radius 3 is 2.52 bits per heavy atom. The largest absolute Gasteiger partial charge is 0.480 e. The molecule has 0 bridgehead atoms. The van der Waals surface area contributed by atoms with Crippen LogP contribution < -0.4 is 9.47 Å². The number of hydrogen-bond acceptors (Lipinski definition) is 6. The monoisotopic (exact) mass is 600 g/mol. The molecule has 3 unspecified atom stereocenters. The minimum atomic E-state index is -0.715. The summed E-state index contributed by atoms with van der Waals surface area (Å²) in [5, 5.41) is 15.2. The van der Waals surface area contributed by atoms with E-state index in [0.717, 1.165) is 75.7 Å². The van der Waals surface area contributed by atoms with Gasteiger partial charge in [0.25, 0.3) is 0 Å². The fraction of sp³-hybridized carbons (Fsp3) is 0.556. The van der Waals surface area contributed by atoms with Crippen molar-refractivity contribution < 1.29 is 19.4 Å². The molecule has 2 aromatic carbocycles. The molecule has 1 aromatic heterocycles. The Labute approximate surface area is 262 Å². The smallest absolute Gasteiger partial charge is 0.321 e. The van der Waals surface area contributed by atoms with Crippen molar-refractivity contribution in [3.8, 4) is 11.5 Å². The molecule has 0 radical (unpaired) electrons. The van der Waals surface area contributed by atoms with Crippen molar-refractivity contribution in [1.29, 1.82) is 0 Å². The quantitative estimate of drug-likeness (QED) is 0.326. The normalized spacial score (nSPS) is 22.0. The lowest BCUT2D eigenvalue weighted by Gasteiger charge is -2.36. The molecular formula is C36H48N4O4. The number of nitrogens with zero attached hydrogens (tertiary/aromatic N) is 4. The summed E-state index contributed by atoms with van der Waals surface area (Å²) in [6.45, 7) is 16.3. The maximum absolute atomic E-state index is 12.4. The molecule has 44 heavy (non-hydrogen) atoms. The first-order chi connectivity index (χ1) is 21.1. The molecule has 236 valence electrons. The first-order valence-electron chi connectivity index (χ1n) is 16.3. The topological polar surface area (TPSA) is 80.1 Å². The Bertz CT molecular complexity index is 1470. The molecule has 1 N–H and O–H groups in total. The summed E-state index contributed by atoms with van der Waals surface area (Å²) in [4.78, 5) is 17.3. The van der Waals surface area contributed by atoms with Gasteiger partial charge in [-0.15, -0.1) is 0 Å². The van der Waals surface area contributed by atoms with Crippen LogP contribution in [0.4, 0.5) is 0 Å². The number of ether oxygens (including phenoxy) is 2. The van der Waals surface area contributed by atoms with Crippen molar-refractivity contribution in [2.75, 3.05) is 39.5 Å². The van der Waals surface area contributed by atoms with E-state index in [1.165, 1.54) is 22.4 Å². The third-order valence-electron chi connectivity index (χ3n) is 9.84. The predicted molar refractivity (Wildman–Crippen MR) is 172 cm³/mol. The number of piperidine rings is 1. The molecule has 8 nitrogen and oxygen atoms in total. The third kappa shape index (κ3) is 6.52. The average molecular weight is 601 g/mol. The van der Waals surface area contributed by atoms with Gasteiger partial charge in [-0.2, -0.15) is 5.10 Å². The second-order valence-electron chi connectivity index (χ2n) is 14.2. The van der Waals surface area contributed by atoms with Crippen LogP contribution in [-0.2, 0) is 17.8 Å². The Morgan fingerprint density at radius 1 is 1.05 bits per heavy atom. The van der Waals surface area contributed by atoms with Crippen LogP contribution in [0.5, 0.6) is 11.5 Å². The van der Waals surface area contributed by atoms with Gasteiger partial charge in [0.15, 0.2) is 11.5 Å². The SMILES string of the molecule is CCn1nc(Cc2ccc3c(c2)OCO3)cc1C1CCN(CC2CN(C(C(=O)O)C(C)(C)C)CC2c2cccc(C)c2)CC1. The summed E-state index contributed by atoms with van der Waals surface area (Å²) in [6.07, 6.45) is 3.00. The second-order valence-corrected chi connectivity index (χ2v) is 14.2. The number of fused-ring (bicyclic) bond motifs is 1. The highest BCUT2D eigenvalue weighted by atomic mass is 16.7. The van der Waals surface area contributed by atoms with Gasteiger partial charge in [-0.3, -0.25) is 14.4 Å². The highest BCUT2D eigenvalue weighted by Crippen LogP contribution is 2.39. The van der Waals surface area contributed by atoms with Crippen molar-refractivity contribution in [2.45, 2.75) is 78.3 Å². The van der Waals surface area contributed by atoms with Gasteiger partial charge in [-0.25, -0.2) is 0 Å². The number of likely N-dealkylation sites (tertiary alicyclic amines) is 2. The number of aliphatic carboxylic acids is 1. The zero-order chi connectivity index (χ0) is 31.0. The lowest BCUT2D eigenvalue weighted by atomic mass is 9.85. The lowest BCUT2D eigenvalue weighted by Crippen LogP contribution is -2.48. The number of carbonyl (C=O) groups is 1. The van der Waals surface area contributed by atoms with Crippen LogP contribution >= 0.6 is 0 Å². The predicted octanol–water partition coefficient (Wildman–Crippen LogP) is 5.93. The summed E-state index contributed by atoms with van der Waals surface area (Å²) >= 11 is 0. The highest BCUT2D eigenvalue weighted by Gasteiger charge is 2.44. The van der Waals surface area contributed by atoms with E-state index in [2.05, 4.69) is 70.8 Å². The van der Waals surface area contributed by atoms with Crippen molar-refractivity contribution in [2.24, 2.45) is 11.3 Å². The molecule has 6 rings (SSSR count). The third-order valence-corrected chi connectivity index (χ3v) is 9.84. The van der Waals surface area contributed by atoms with Gasteiger partial charge >= 0.3 is 5.97 Å². The minimum Gasteiger partial charge on any atom is -0.480 e. The first-order valence-corrected chi connectivity index (χ1v) is 16.3. The van der Waals surface area contributed by atoms with Crippen LogP contribution in [0.25, 0.3) is 0 Å². The van der Waals surface area contributed by atoms with Gasteiger partial charge in [0, 0.05) is 50.1 Å². The zero-order valence-corrected chi connectivity index (χ0v) is 27.0. The van der Waals surface area contributed by atoms with E-state index < -0.39 is 12.0 Å². The maximum atomic E-state index is 12.4. The van der Waals surface area contributed by atoms with Crippen LogP contribution in [-0.4, -0.2) is 76.2 Å². The molecule has 3 aliphatic rings. The molecule has 0 saturated carbocycles. The maximum Gasteiger partial charge on any atom is 0.321 e. The summed E-state index contributed by atoms with van der Waals surface area (Å²) in [6, 6.07) is 16.8. The van der Waals surface area contributed by atoms with E-state index in [-0.39, 0.29) is 12.2 Å². The van der Waals surface area contributed by atoms with Crippen LogP contribution in [0.1, 0.15) is 80.5 Å². The van der Waals surface area contributed by atoms with E-state index >= 15 is 0 Å². The number of carboxylic acid groups (broad SMARTS) is 1. The molecule has 0 aliphatic carbocycles.